The van der Waals surface area contributed by atoms with Gasteiger partial charge in [0.1, 0.15) is 6.07 Å². The molecule has 1 heterocycles. The third-order valence-corrected chi connectivity index (χ3v) is 1.91. The van der Waals surface area contributed by atoms with Gasteiger partial charge in [-0.05, 0) is 19.9 Å². The minimum atomic E-state index is -0.562. The zero-order chi connectivity index (χ0) is 12.2. The summed E-state index contributed by atoms with van der Waals surface area (Å²) in [5.74, 6) is -0.0591. The maximum atomic E-state index is 10.8. The van der Waals surface area contributed by atoms with Crippen molar-refractivity contribution in [3.05, 3.63) is 17.8 Å². The lowest BCUT2D eigenvalue weighted by molar-refractivity contribution is -0.118. The van der Waals surface area contributed by atoms with Crippen LogP contribution >= 0.6 is 0 Å². The maximum absolute atomic E-state index is 10.8. The van der Waals surface area contributed by atoms with E-state index in [9.17, 15) is 4.79 Å². The van der Waals surface area contributed by atoms with Crippen molar-refractivity contribution in [1.82, 2.24) is 10.2 Å². The van der Waals surface area contributed by atoms with Crippen LogP contribution in [0.15, 0.2) is 12.3 Å². The molecule has 3 N–H and O–H groups in total. The van der Waals surface area contributed by atoms with Crippen LogP contribution in [0, 0.1) is 11.3 Å². The Balaban J connectivity index is 2.88. The number of anilines is 1. The van der Waals surface area contributed by atoms with Gasteiger partial charge in [-0.15, -0.1) is 5.10 Å². The van der Waals surface area contributed by atoms with E-state index in [0.29, 0.717) is 11.4 Å². The molecule has 0 aliphatic heterocycles. The Bertz CT molecular complexity index is 435. The second kappa shape index (κ2) is 4.57. The minimum absolute atomic E-state index is 0.147. The van der Waals surface area contributed by atoms with Crippen molar-refractivity contribution < 1.29 is 4.79 Å². The van der Waals surface area contributed by atoms with E-state index in [-0.39, 0.29) is 6.42 Å². The molecular weight excluding hydrogens is 206 g/mol. The fraction of sp³-hybridized carbons (Fsp3) is 0.400. The van der Waals surface area contributed by atoms with Crippen LogP contribution in [-0.2, 0) is 4.79 Å². The predicted molar refractivity (Wildman–Crippen MR) is 58.3 cm³/mol. The number of carbonyl (C=O) groups is 1. The molecule has 16 heavy (non-hydrogen) atoms. The van der Waals surface area contributed by atoms with E-state index in [1.807, 2.05) is 6.07 Å². The third kappa shape index (κ3) is 3.20. The number of carbonyl (C=O) groups excluding carboxylic acids is 1. The van der Waals surface area contributed by atoms with Crippen LogP contribution in [0.3, 0.4) is 0 Å². The first-order chi connectivity index (χ1) is 7.44. The number of nitrogens with two attached hydrogens (primary N) is 1. The number of primary amides is 1. The monoisotopic (exact) mass is 219 g/mol. The van der Waals surface area contributed by atoms with Gasteiger partial charge < -0.3 is 11.1 Å². The van der Waals surface area contributed by atoms with Crippen LogP contribution in [0.1, 0.15) is 25.8 Å². The van der Waals surface area contributed by atoms with Crippen molar-refractivity contribution in [1.29, 1.82) is 5.26 Å². The zero-order valence-electron chi connectivity index (χ0n) is 9.19. The number of hydrogen-bond acceptors (Lipinski definition) is 5. The molecule has 0 spiro atoms. The van der Waals surface area contributed by atoms with Crippen molar-refractivity contribution in [2.45, 2.75) is 25.8 Å². The molecule has 84 valence electrons. The Labute approximate surface area is 93.5 Å². The van der Waals surface area contributed by atoms with Gasteiger partial charge in [-0.3, -0.25) is 4.79 Å². The van der Waals surface area contributed by atoms with E-state index in [1.54, 1.807) is 19.9 Å². The van der Waals surface area contributed by atoms with Crippen molar-refractivity contribution in [2.75, 3.05) is 5.32 Å². The highest BCUT2D eigenvalue weighted by atomic mass is 16.1. The molecule has 1 aromatic rings. The molecule has 0 aromatic carbocycles. The van der Waals surface area contributed by atoms with Crippen LogP contribution in [0.25, 0.3) is 0 Å². The van der Waals surface area contributed by atoms with Crippen molar-refractivity contribution in [3.8, 4) is 6.07 Å². The predicted octanol–water partition coefficient (Wildman–Crippen LogP) is 0.414. The Morgan fingerprint density at radius 1 is 1.69 bits per heavy atom. The summed E-state index contributed by atoms with van der Waals surface area (Å²) in [5, 5.41) is 19.3. The SMILES string of the molecule is CC(C)(CC(N)=O)Nc1nnccc1C#N. The van der Waals surface area contributed by atoms with Gasteiger partial charge in [-0.1, -0.05) is 0 Å². The van der Waals surface area contributed by atoms with E-state index in [1.165, 1.54) is 6.20 Å². The molecule has 6 heteroatoms. The van der Waals surface area contributed by atoms with E-state index in [0.717, 1.165) is 0 Å². The molecule has 0 radical (unpaired) electrons. The van der Waals surface area contributed by atoms with Crippen molar-refractivity contribution in [2.24, 2.45) is 5.73 Å². The molecule has 1 amide bonds. The number of nitrogens with one attached hydrogen (secondary N) is 1. The highest BCUT2D eigenvalue weighted by Gasteiger charge is 2.22. The second-order valence-corrected chi connectivity index (χ2v) is 4.06. The molecule has 0 fully saturated rings. The fourth-order valence-corrected chi connectivity index (χ4v) is 1.31. The van der Waals surface area contributed by atoms with Crippen molar-refractivity contribution >= 4 is 11.7 Å². The summed E-state index contributed by atoms with van der Waals surface area (Å²) in [6, 6.07) is 3.54. The van der Waals surface area contributed by atoms with Crippen LogP contribution in [0.2, 0.25) is 0 Å². The highest BCUT2D eigenvalue weighted by molar-refractivity contribution is 5.75. The first kappa shape index (κ1) is 11.9. The largest absolute Gasteiger partial charge is 0.370 e. The van der Waals surface area contributed by atoms with Gasteiger partial charge >= 0.3 is 0 Å². The molecule has 0 saturated heterocycles. The third-order valence-electron chi connectivity index (χ3n) is 1.91. The highest BCUT2D eigenvalue weighted by Crippen LogP contribution is 2.18. The molecular formula is C10H13N5O. The van der Waals surface area contributed by atoms with Gasteiger partial charge in [0.05, 0.1) is 11.8 Å². The first-order valence-corrected chi connectivity index (χ1v) is 4.73. The van der Waals surface area contributed by atoms with Gasteiger partial charge in [-0.25, -0.2) is 0 Å². The first-order valence-electron chi connectivity index (χ1n) is 4.73. The summed E-state index contributed by atoms with van der Waals surface area (Å²) >= 11 is 0. The number of rotatable bonds is 4. The zero-order valence-corrected chi connectivity index (χ0v) is 9.19. The number of aromatic nitrogens is 2. The summed E-state index contributed by atoms with van der Waals surface area (Å²) in [6.45, 7) is 3.60. The lowest BCUT2D eigenvalue weighted by atomic mass is 10.00. The van der Waals surface area contributed by atoms with Crippen LogP contribution in [0.5, 0.6) is 0 Å². The summed E-state index contributed by atoms with van der Waals surface area (Å²) < 4.78 is 0. The summed E-state index contributed by atoms with van der Waals surface area (Å²) in [5.41, 5.74) is 4.94. The molecule has 0 saturated carbocycles. The average Bonchev–Trinajstić information content (AvgIpc) is 2.15. The molecule has 1 rings (SSSR count). The van der Waals surface area contributed by atoms with E-state index >= 15 is 0 Å². The van der Waals surface area contributed by atoms with Gasteiger partial charge in [0.25, 0.3) is 0 Å². The van der Waals surface area contributed by atoms with Gasteiger partial charge in [0, 0.05) is 12.0 Å². The standard InChI is InChI=1S/C10H13N5O/c1-10(2,5-8(12)16)14-9-7(6-11)3-4-13-15-9/h3-4H,5H2,1-2H3,(H2,12,16)(H,14,15). The second-order valence-electron chi connectivity index (χ2n) is 4.06. The summed E-state index contributed by atoms with van der Waals surface area (Å²) in [7, 11) is 0. The molecule has 0 atom stereocenters. The summed E-state index contributed by atoms with van der Waals surface area (Å²) in [4.78, 5) is 10.8. The molecule has 6 nitrogen and oxygen atoms in total. The fourth-order valence-electron chi connectivity index (χ4n) is 1.31. The Morgan fingerprint density at radius 3 is 2.94 bits per heavy atom. The quantitative estimate of drug-likeness (QED) is 0.763. The number of hydrogen-bond donors (Lipinski definition) is 2. The maximum Gasteiger partial charge on any atom is 0.219 e. The summed E-state index contributed by atoms with van der Waals surface area (Å²) in [6.07, 6.45) is 1.58. The van der Waals surface area contributed by atoms with Gasteiger partial charge in [0.2, 0.25) is 5.91 Å². The van der Waals surface area contributed by atoms with E-state index < -0.39 is 11.4 Å². The Hall–Kier alpha value is -2.16. The van der Waals surface area contributed by atoms with Gasteiger partial charge in [0.15, 0.2) is 5.82 Å². The average molecular weight is 219 g/mol. The lowest BCUT2D eigenvalue weighted by Gasteiger charge is -2.25. The van der Waals surface area contributed by atoms with Gasteiger partial charge in [-0.2, -0.15) is 10.4 Å². The van der Waals surface area contributed by atoms with E-state index in [4.69, 9.17) is 11.0 Å². The molecule has 0 unspecified atom stereocenters. The Kier molecular flexibility index (Phi) is 3.40. The van der Waals surface area contributed by atoms with Crippen molar-refractivity contribution in [3.63, 3.8) is 0 Å². The topological polar surface area (TPSA) is 105 Å². The van der Waals surface area contributed by atoms with Crippen LogP contribution < -0.4 is 11.1 Å². The lowest BCUT2D eigenvalue weighted by Crippen LogP contribution is -2.36. The number of nitrogens with zero attached hydrogens (tertiary/aromatic N) is 3. The van der Waals surface area contributed by atoms with E-state index in [2.05, 4.69) is 15.5 Å². The molecule has 0 aliphatic rings. The minimum Gasteiger partial charge on any atom is -0.370 e. The normalized spacial score (nSPS) is 10.6. The van der Waals surface area contributed by atoms with Crippen LogP contribution in [-0.4, -0.2) is 21.6 Å². The molecule has 0 bridgehead atoms. The molecule has 0 aliphatic carbocycles. The van der Waals surface area contributed by atoms with Crippen LogP contribution in [0.4, 0.5) is 5.82 Å². The Morgan fingerprint density at radius 2 is 2.38 bits per heavy atom. The number of amides is 1. The number of nitriles is 1. The molecule has 1 aromatic heterocycles. The smallest absolute Gasteiger partial charge is 0.219 e.